The van der Waals surface area contributed by atoms with Gasteiger partial charge >= 0.3 is 5.97 Å². The summed E-state index contributed by atoms with van der Waals surface area (Å²) in [6, 6.07) is 7.74. The molecule has 1 amide bonds. The lowest BCUT2D eigenvalue weighted by Gasteiger charge is -2.47. The SMILES string of the molecule is CCC1C=C(C)C(O)C(C)CC(OC)C2OC(O)(C(=O)C(=O)N3CCCCC3C(=O)OC(C(C)=CC3CCC(N(C)c4ccc5c(ccn5C)c4)C(OC)C3)C(C)CCC1=O)C(C)CC2OC. The maximum atomic E-state index is 14.6. The maximum absolute atomic E-state index is 14.6. The van der Waals surface area contributed by atoms with Crippen LogP contribution < -0.4 is 4.90 Å². The molecule has 1 saturated carbocycles. The average Bonchev–Trinajstić information content (AvgIpc) is 3.71. The number of fused-ring (bicyclic) bond motifs is 4. The lowest BCUT2D eigenvalue weighted by Crippen LogP contribution is -2.64. The average molecular weight is 934 g/mol. The van der Waals surface area contributed by atoms with Crippen LogP contribution in [-0.4, -0.2) is 133 Å². The van der Waals surface area contributed by atoms with Crippen molar-refractivity contribution in [3.63, 3.8) is 0 Å². The number of methoxy groups -OCH3 is 3. The number of ether oxygens (including phenoxy) is 5. The number of esters is 1. The minimum absolute atomic E-state index is 0.0345. The highest BCUT2D eigenvalue weighted by molar-refractivity contribution is 6.39. The molecular formula is C53H79N3O11. The molecule has 4 heterocycles. The monoisotopic (exact) mass is 934 g/mol. The highest BCUT2D eigenvalue weighted by atomic mass is 16.7. The van der Waals surface area contributed by atoms with Crippen molar-refractivity contribution in [3.05, 3.63) is 53.8 Å². The van der Waals surface area contributed by atoms with Gasteiger partial charge in [0.05, 0.1) is 30.5 Å². The van der Waals surface area contributed by atoms with E-state index in [1.807, 2.05) is 47.7 Å². The number of Topliss-reactive ketones (excluding diaryl/α,β-unsaturated/α-hetero) is 2. The number of benzene rings is 1. The number of carbonyl (C=O) groups is 4. The number of likely N-dealkylation sites (N-methyl/N-ethyl adjacent to an activating group) is 1. The number of allylic oxidation sites excluding steroid dienone is 2. The van der Waals surface area contributed by atoms with Crippen LogP contribution in [0.4, 0.5) is 5.69 Å². The maximum Gasteiger partial charge on any atom is 0.329 e. The van der Waals surface area contributed by atoms with Crippen LogP contribution in [0.25, 0.3) is 10.9 Å². The molecular weight excluding hydrogens is 855 g/mol. The number of carbonyl (C=O) groups excluding carboxylic acids is 4. The summed E-state index contributed by atoms with van der Waals surface area (Å²) in [5.41, 5.74) is 3.80. The first kappa shape index (κ1) is 52.5. The van der Waals surface area contributed by atoms with Crippen LogP contribution in [-0.2, 0) is 49.9 Å². The zero-order valence-electron chi connectivity index (χ0n) is 41.9. The summed E-state index contributed by atoms with van der Waals surface area (Å²) < 4.78 is 32.8. The number of nitrogens with zero attached hydrogens (tertiary/aromatic N) is 3. The molecule has 372 valence electrons. The fourth-order valence-electron chi connectivity index (χ4n) is 11.4. The number of aliphatic hydroxyl groups is 2. The van der Waals surface area contributed by atoms with Crippen molar-refractivity contribution in [1.82, 2.24) is 9.47 Å². The van der Waals surface area contributed by atoms with E-state index in [1.165, 1.54) is 30.0 Å². The number of ketones is 2. The molecule has 2 aromatic rings. The van der Waals surface area contributed by atoms with Crippen molar-refractivity contribution in [2.24, 2.45) is 36.6 Å². The predicted octanol–water partition coefficient (Wildman–Crippen LogP) is 7.11. The van der Waals surface area contributed by atoms with Crippen LogP contribution in [0.15, 0.2) is 53.8 Å². The van der Waals surface area contributed by atoms with E-state index >= 15 is 0 Å². The summed E-state index contributed by atoms with van der Waals surface area (Å²) in [5.74, 6) is -7.14. The first-order valence-electron chi connectivity index (χ1n) is 24.8. The second-order valence-corrected chi connectivity index (χ2v) is 20.3. The van der Waals surface area contributed by atoms with E-state index < -0.39 is 71.8 Å². The Labute approximate surface area is 398 Å². The summed E-state index contributed by atoms with van der Waals surface area (Å²) in [7, 11) is 8.93. The number of aryl methyl sites for hydroxylation is 1. The summed E-state index contributed by atoms with van der Waals surface area (Å²) in [5, 5.41) is 24.9. The lowest BCUT2D eigenvalue weighted by atomic mass is 9.80. The fraction of sp³-hybridized carbons (Fsp3) is 0.698. The Balaban J connectivity index is 1.30. The first-order chi connectivity index (χ1) is 31.9. The molecule has 1 aliphatic carbocycles. The highest BCUT2D eigenvalue weighted by Crippen LogP contribution is 2.40. The fourth-order valence-corrected chi connectivity index (χ4v) is 11.4. The number of amides is 1. The smallest absolute Gasteiger partial charge is 0.329 e. The summed E-state index contributed by atoms with van der Waals surface area (Å²) >= 11 is 0. The van der Waals surface area contributed by atoms with Gasteiger partial charge in [-0.25, -0.2) is 4.79 Å². The standard InChI is InChI=1S/C53H79N3O11/c1-12-37-26-32(3)47(58)33(4)27-45(64-10)49-46(65-11)28-35(6)53(62,67-49)50(59)51(60)56-23-14-13-15-42(56)52(61)66-48(31(2)16-21-43(37)57)34(5)25-36-17-19-41(44(29-36)63-9)55(8)39-18-20-40-38(30-39)22-24-54(40)7/h18,20,22,24-26,30-31,33,35-37,41-42,44-49,58,62H,12-17,19,21,23,27-29H2,1-11H3. The molecule has 4 aliphatic rings. The van der Waals surface area contributed by atoms with E-state index in [2.05, 4.69) is 53.1 Å². The Kier molecular flexibility index (Phi) is 17.7. The van der Waals surface area contributed by atoms with Gasteiger partial charge < -0.3 is 48.3 Å². The minimum Gasteiger partial charge on any atom is -0.456 e. The van der Waals surface area contributed by atoms with Gasteiger partial charge in [-0.15, -0.1) is 0 Å². The molecule has 0 spiro atoms. The van der Waals surface area contributed by atoms with Crippen molar-refractivity contribution < 1.29 is 53.1 Å². The second-order valence-electron chi connectivity index (χ2n) is 20.3. The zero-order chi connectivity index (χ0) is 48.9. The third-order valence-corrected chi connectivity index (χ3v) is 15.8. The number of anilines is 1. The highest BCUT2D eigenvalue weighted by Gasteiger charge is 2.56. The molecule has 0 radical (unpaired) electrons. The van der Waals surface area contributed by atoms with E-state index in [9.17, 15) is 29.4 Å². The Morgan fingerprint density at radius 3 is 2.31 bits per heavy atom. The largest absolute Gasteiger partial charge is 0.456 e. The number of aromatic nitrogens is 1. The van der Waals surface area contributed by atoms with Gasteiger partial charge in [-0.3, -0.25) is 14.4 Å². The minimum atomic E-state index is -2.54. The lowest BCUT2D eigenvalue weighted by molar-refractivity contribution is -0.302. The number of aliphatic hydroxyl groups excluding tert-OH is 1. The zero-order valence-corrected chi connectivity index (χ0v) is 41.9. The van der Waals surface area contributed by atoms with Crippen LogP contribution in [0.2, 0.25) is 0 Å². The van der Waals surface area contributed by atoms with E-state index in [0.29, 0.717) is 31.3 Å². The van der Waals surface area contributed by atoms with Gasteiger partial charge in [-0.05, 0) is 131 Å². The summed E-state index contributed by atoms with van der Waals surface area (Å²) in [4.78, 5) is 60.9. The molecule has 14 nitrogen and oxygen atoms in total. The normalized spacial score (nSPS) is 36.0. The van der Waals surface area contributed by atoms with Crippen molar-refractivity contribution in [3.8, 4) is 0 Å². The number of hydrogen-bond donors (Lipinski definition) is 2. The second kappa shape index (κ2) is 22.7. The summed E-state index contributed by atoms with van der Waals surface area (Å²) in [6.07, 6.45) is 7.70. The van der Waals surface area contributed by atoms with E-state index in [1.54, 1.807) is 14.0 Å². The van der Waals surface area contributed by atoms with Gasteiger partial charge in [0.25, 0.3) is 11.7 Å². The molecule has 3 fully saturated rings. The molecule has 6 rings (SSSR count). The molecule has 1 aromatic heterocycles. The molecule has 2 saturated heterocycles. The predicted molar refractivity (Wildman–Crippen MR) is 257 cm³/mol. The van der Waals surface area contributed by atoms with Crippen LogP contribution in [0, 0.1) is 29.6 Å². The first-order valence-corrected chi connectivity index (χ1v) is 24.8. The van der Waals surface area contributed by atoms with Crippen molar-refractivity contribution in [2.45, 2.75) is 167 Å². The molecule has 14 atom stereocenters. The van der Waals surface area contributed by atoms with Crippen molar-refractivity contribution in [1.29, 1.82) is 0 Å². The van der Waals surface area contributed by atoms with Gasteiger partial charge in [-0.1, -0.05) is 39.8 Å². The Bertz CT molecular complexity index is 2120. The van der Waals surface area contributed by atoms with Crippen molar-refractivity contribution in [2.75, 3.05) is 39.8 Å². The van der Waals surface area contributed by atoms with Gasteiger partial charge in [0.1, 0.15) is 24.0 Å². The van der Waals surface area contributed by atoms with E-state index in [0.717, 1.165) is 30.5 Å². The Morgan fingerprint density at radius 2 is 1.63 bits per heavy atom. The van der Waals surface area contributed by atoms with Crippen molar-refractivity contribution >= 4 is 40.0 Å². The number of rotatable bonds is 8. The third-order valence-electron chi connectivity index (χ3n) is 15.8. The molecule has 14 unspecified atom stereocenters. The molecule has 2 bridgehead atoms. The van der Waals surface area contributed by atoms with E-state index in [-0.39, 0.29) is 67.9 Å². The van der Waals surface area contributed by atoms with Gasteiger partial charge in [0, 0.05) is 83.0 Å². The topological polar surface area (TPSA) is 166 Å². The Hall–Kier alpha value is -3.92. The van der Waals surface area contributed by atoms with Gasteiger partial charge in [-0.2, -0.15) is 0 Å². The van der Waals surface area contributed by atoms with Gasteiger partial charge in [0.15, 0.2) is 0 Å². The molecule has 2 N–H and O–H groups in total. The number of hydrogen-bond acceptors (Lipinski definition) is 12. The third kappa shape index (κ3) is 11.4. The van der Waals surface area contributed by atoms with Crippen LogP contribution in [0.3, 0.4) is 0 Å². The quantitative estimate of drug-likeness (QED) is 0.157. The molecule has 14 heteroatoms. The van der Waals surface area contributed by atoms with E-state index in [4.69, 9.17) is 23.7 Å². The number of cyclic esters (lactones) is 1. The van der Waals surface area contributed by atoms with Crippen LogP contribution in [0.1, 0.15) is 112 Å². The number of piperidine rings is 1. The van der Waals surface area contributed by atoms with Crippen LogP contribution in [0.5, 0.6) is 0 Å². The molecule has 1 aromatic carbocycles. The molecule has 67 heavy (non-hydrogen) atoms. The Morgan fingerprint density at radius 1 is 0.925 bits per heavy atom. The van der Waals surface area contributed by atoms with Gasteiger partial charge in [0.2, 0.25) is 5.79 Å². The summed E-state index contributed by atoms with van der Waals surface area (Å²) in [6.45, 7) is 11.4. The van der Waals surface area contributed by atoms with Crippen LogP contribution >= 0.6 is 0 Å². The molecule has 3 aliphatic heterocycles.